The van der Waals surface area contributed by atoms with Crippen molar-refractivity contribution in [2.45, 2.75) is 26.8 Å². The number of pyridine rings is 1. The molecule has 0 bridgehead atoms. The summed E-state index contributed by atoms with van der Waals surface area (Å²) in [5, 5.41) is 0.938. The SMILES string of the molecule is Cc1c(C)n(C(C)c2ccccn2)c2ncnc(N)c12. The summed E-state index contributed by atoms with van der Waals surface area (Å²) in [5.74, 6) is 0.530. The van der Waals surface area contributed by atoms with Crippen molar-refractivity contribution in [1.82, 2.24) is 19.5 Å². The van der Waals surface area contributed by atoms with Crippen molar-refractivity contribution < 1.29 is 0 Å². The molecule has 0 amide bonds. The van der Waals surface area contributed by atoms with Crippen LogP contribution in [0, 0.1) is 13.8 Å². The van der Waals surface area contributed by atoms with E-state index < -0.39 is 0 Å². The van der Waals surface area contributed by atoms with Gasteiger partial charge in [-0.15, -0.1) is 0 Å². The highest BCUT2D eigenvalue weighted by Gasteiger charge is 2.20. The van der Waals surface area contributed by atoms with Gasteiger partial charge in [0, 0.05) is 11.9 Å². The van der Waals surface area contributed by atoms with Gasteiger partial charge in [0.2, 0.25) is 0 Å². The van der Waals surface area contributed by atoms with Crippen molar-refractivity contribution in [3.8, 4) is 0 Å². The number of aromatic nitrogens is 4. The van der Waals surface area contributed by atoms with Gasteiger partial charge in [0.05, 0.1) is 17.1 Å². The molecule has 0 saturated heterocycles. The van der Waals surface area contributed by atoms with E-state index in [0.717, 1.165) is 28.0 Å². The average molecular weight is 267 g/mol. The smallest absolute Gasteiger partial charge is 0.146 e. The third kappa shape index (κ3) is 1.74. The fourth-order valence-electron chi connectivity index (χ4n) is 2.68. The Morgan fingerprint density at radius 1 is 1.15 bits per heavy atom. The fourth-order valence-corrected chi connectivity index (χ4v) is 2.68. The zero-order valence-corrected chi connectivity index (χ0v) is 11.8. The first-order chi connectivity index (χ1) is 9.61. The van der Waals surface area contributed by atoms with Crippen molar-refractivity contribution in [3.63, 3.8) is 0 Å². The summed E-state index contributed by atoms with van der Waals surface area (Å²) < 4.78 is 2.17. The molecular weight excluding hydrogens is 250 g/mol. The number of nitrogens with zero attached hydrogens (tertiary/aromatic N) is 4. The molecule has 0 aromatic carbocycles. The summed E-state index contributed by atoms with van der Waals surface area (Å²) in [7, 11) is 0. The predicted molar refractivity (Wildman–Crippen MR) is 79.5 cm³/mol. The lowest BCUT2D eigenvalue weighted by Crippen LogP contribution is -2.10. The van der Waals surface area contributed by atoms with Crippen LogP contribution < -0.4 is 5.73 Å². The summed E-state index contributed by atoms with van der Waals surface area (Å²) in [4.78, 5) is 12.9. The number of fused-ring (bicyclic) bond motifs is 1. The Kier molecular flexibility index (Phi) is 2.89. The molecule has 20 heavy (non-hydrogen) atoms. The fraction of sp³-hybridized carbons (Fsp3) is 0.267. The van der Waals surface area contributed by atoms with Crippen LogP contribution in [0.4, 0.5) is 5.82 Å². The Labute approximate surface area is 117 Å². The van der Waals surface area contributed by atoms with Crippen LogP contribution in [0.25, 0.3) is 11.0 Å². The Hall–Kier alpha value is -2.43. The number of rotatable bonds is 2. The second-order valence-corrected chi connectivity index (χ2v) is 4.97. The van der Waals surface area contributed by atoms with Gasteiger partial charge in [0.15, 0.2) is 0 Å². The summed E-state index contributed by atoms with van der Waals surface area (Å²) in [6, 6.07) is 6.04. The van der Waals surface area contributed by atoms with E-state index in [2.05, 4.69) is 40.3 Å². The average Bonchev–Trinajstić information content (AvgIpc) is 2.72. The van der Waals surface area contributed by atoms with Crippen LogP contribution in [0.1, 0.15) is 29.9 Å². The van der Waals surface area contributed by atoms with Gasteiger partial charge in [0.1, 0.15) is 17.8 Å². The van der Waals surface area contributed by atoms with E-state index in [-0.39, 0.29) is 6.04 Å². The van der Waals surface area contributed by atoms with Gasteiger partial charge in [-0.05, 0) is 38.5 Å². The zero-order chi connectivity index (χ0) is 14.3. The minimum Gasteiger partial charge on any atom is -0.383 e. The predicted octanol–water partition coefficient (Wildman–Crippen LogP) is 2.63. The molecule has 102 valence electrons. The van der Waals surface area contributed by atoms with Crippen LogP contribution in [0.15, 0.2) is 30.7 Å². The molecule has 2 N–H and O–H groups in total. The molecule has 3 aromatic heterocycles. The molecular formula is C15H17N5. The van der Waals surface area contributed by atoms with E-state index in [9.17, 15) is 0 Å². The van der Waals surface area contributed by atoms with Crippen LogP contribution >= 0.6 is 0 Å². The van der Waals surface area contributed by atoms with E-state index in [1.54, 1.807) is 0 Å². The lowest BCUT2D eigenvalue weighted by molar-refractivity contribution is 0.621. The van der Waals surface area contributed by atoms with Gasteiger partial charge in [-0.1, -0.05) is 6.07 Å². The topological polar surface area (TPSA) is 69.6 Å². The number of anilines is 1. The van der Waals surface area contributed by atoms with Gasteiger partial charge in [-0.25, -0.2) is 9.97 Å². The lowest BCUT2D eigenvalue weighted by Gasteiger charge is -2.16. The number of nitrogens with two attached hydrogens (primary N) is 1. The minimum atomic E-state index is 0.0988. The normalized spacial score (nSPS) is 12.8. The minimum absolute atomic E-state index is 0.0988. The third-order valence-corrected chi connectivity index (χ3v) is 3.87. The number of hydrogen-bond acceptors (Lipinski definition) is 4. The Morgan fingerprint density at radius 3 is 2.65 bits per heavy atom. The maximum absolute atomic E-state index is 6.00. The van der Waals surface area contributed by atoms with Gasteiger partial charge in [-0.2, -0.15) is 0 Å². The van der Waals surface area contributed by atoms with Gasteiger partial charge >= 0.3 is 0 Å². The van der Waals surface area contributed by atoms with Gasteiger partial charge < -0.3 is 10.3 Å². The Balaban J connectivity index is 2.27. The summed E-state index contributed by atoms with van der Waals surface area (Å²) in [5.41, 5.74) is 10.1. The van der Waals surface area contributed by atoms with Crippen molar-refractivity contribution in [2.75, 3.05) is 5.73 Å². The number of hydrogen-bond donors (Lipinski definition) is 1. The van der Waals surface area contributed by atoms with E-state index >= 15 is 0 Å². The van der Waals surface area contributed by atoms with Crippen molar-refractivity contribution in [1.29, 1.82) is 0 Å². The van der Waals surface area contributed by atoms with E-state index in [1.165, 1.54) is 6.33 Å². The number of nitrogen functional groups attached to an aromatic ring is 1. The molecule has 5 nitrogen and oxygen atoms in total. The van der Waals surface area contributed by atoms with E-state index in [4.69, 9.17) is 5.73 Å². The zero-order valence-electron chi connectivity index (χ0n) is 11.8. The first kappa shape index (κ1) is 12.6. The molecule has 0 aliphatic rings. The second-order valence-electron chi connectivity index (χ2n) is 4.97. The summed E-state index contributed by atoms with van der Waals surface area (Å²) in [6.07, 6.45) is 3.32. The maximum Gasteiger partial charge on any atom is 0.146 e. The quantitative estimate of drug-likeness (QED) is 0.775. The van der Waals surface area contributed by atoms with Crippen LogP contribution in [0.3, 0.4) is 0 Å². The molecule has 3 aromatic rings. The van der Waals surface area contributed by atoms with E-state index in [1.807, 2.05) is 24.4 Å². The van der Waals surface area contributed by atoms with Crippen LogP contribution in [-0.2, 0) is 0 Å². The molecule has 0 aliphatic heterocycles. The highest BCUT2D eigenvalue weighted by molar-refractivity contribution is 5.90. The maximum atomic E-state index is 6.00. The molecule has 0 fully saturated rings. The second kappa shape index (κ2) is 4.59. The molecule has 0 aliphatic carbocycles. The molecule has 3 heterocycles. The molecule has 1 unspecified atom stereocenters. The molecule has 0 saturated carbocycles. The van der Waals surface area contributed by atoms with Crippen molar-refractivity contribution >= 4 is 16.9 Å². The van der Waals surface area contributed by atoms with Crippen LogP contribution in [-0.4, -0.2) is 19.5 Å². The first-order valence-corrected chi connectivity index (χ1v) is 6.59. The highest BCUT2D eigenvalue weighted by atomic mass is 15.1. The van der Waals surface area contributed by atoms with Gasteiger partial charge in [0.25, 0.3) is 0 Å². The molecule has 5 heteroatoms. The monoisotopic (exact) mass is 267 g/mol. The summed E-state index contributed by atoms with van der Waals surface area (Å²) in [6.45, 7) is 6.25. The van der Waals surface area contributed by atoms with Crippen LogP contribution in [0.2, 0.25) is 0 Å². The molecule has 0 spiro atoms. The Morgan fingerprint density at radius 2 is 1.95 bits per heavy atom. The highest BCUT2D eigenvalue weighted by Crippen LogP contribution is 2.31. The third-order valence-electron chi connectivity index (χ3n) is 3.87. The van der Waals surface area contributed by atoms with Gasteiger partial charge in [-0.3, -0.25) is 4.98 Å². The largest absolute Gasteiger partial charge is 0.383 e. The summed E-state index contributed by atoms with van der Waals surface area (Å²) >= 11 is 0. The lowest BCUT2D eigenvalue weighted by atomic mass is 10.2. The molecule has 3 rings (SSSR count). The van der Waals surface area contributed by atoms with Crippen molar-refractivity contribution in [2.24, 2.45) is 0 Å². The van der Waals surface area contributed by atoms with Crippen molar-refractivity contribution in [3.05, 3.63) is 47.7 Å². The van der Waals surface area contributed by atoms with E-state index in [0.29, 0.717) is 5.82 Å². The molecule has 1 atom stereocenters. The standard InChI is InChI=1S/C15H17N5/c1-9-10(2)20(11(3)12-6-4-5-7-17-12)15-13(9)14(16)18-8-19-15/h4-8,11H,1-3H3,(H2,16,18,19). The molecule has 0 radical (unpaired) electrons. The van der Waals surface area contributed by atoms with Crippen LogP contribution in [0.5, 0.6) is 0 Å². The first-order valence-electron chi connectivity index (χ1n) is 6.59. The Bertz CT molecular complexity index is 761. The number of aryl methyl sites for hydroxylation is 1.